The highest BCUT2D eigenvalue weighted by molar-refractivity contribution is 7.89. The van der Waals surface area contributed by atoms with Gasteiger partial charge in [-0.1, -0.05) is 48.5 Å². The molecule has 1 N–H and O–H groups in total. The summed E-state index contributed by atoms with van der Waals surface area (Å²) in [7, 11) is -0.176. The van der Waals surface area contributed by atoms with Gasteiger partial charge in [0.1, 0.15) is 22.3 Å². The molecule has 0 aliphatic carbocycles. The molecular formula is C38H46N8O4S. The van der Waals surface area contributed by atoms with Crippen molar-refractivity contribution >= 4 is 32.9 Å². The summed E-state index contributed by atoms with van der Waals surface area (Å²) in [5.74, 6) is 0.208. The number of sulfonamides is 1. The minimum Gasteiger partial charge on any atom is -0.488 e. The Morgan fingerprint density at radius 1 is 1.06 bits per heavy atom. The zero-order chi connectivity index (χ0) is 36.7. The first-order chi connectivity index (χ1) is 24.2. The highest BCUT2D eigenvalue weighted by Crippen LogP contribution is 2.40. The van der Waals surface area contributed by atoms with Crippen molar-refractivity contribution in [1.29, 1.82) is 0 Å². The molecule has 5 aromatic rings. The SMILES string of the molecule is CC[C@@H]1CN(Cc2cc([C@@H](c3ccc4c(nnn4CC)c3C)C(C)(C)NC(=O)c3cnc(N(C)C)nc3)ccc2C)S(=O)(=O)c2ccccc2O1. The second-order valence-electron chi connectivity index (χ2n) is 13.9. The highest BCUT2D eigenvalue weighted by Gasteiger charge is 2.38. The van der Waals surface area contributed by atoms with Crippen LogP contribution in [-0.4, -0.2) is 75.9 Å². The maximum absolute atomic E-state index is 14.1. The van der Waals surface area contributed by atoms with Crippen molar-refractivity contribution in [2.24, 2.45) is 0 Å². The van der Waals surface area contributed by atoms with Gasteiger partial charge in [0.25, 0.3) is 5.91 Å². The second kappa shape index (κ2) is 14.0. The van der Waals surface area contributed by atoms with E-state index in [4.69, 9.17) is 4.74 Å². The van der Waals surface area contributed by atoms with Gasteiger partial charge in [-0.2, -0.15) is 4.31 Å². The lowest BCUT2D eigenvalue weighted by atomic mass is 9.74. The third kappa shape index (κ3) is 6.92. The van der Waals surface area contributed by atoms with Crippen molar-refractivity contribution in [3.8, 4) is 5.75 Å². The number of ether oxygens (including phenoxy) is 1. The Labute approximate surface area is 299 Å². The van der Waals surface area contributed by atoms with Crippen LogP contribution in [0.15, 0.2) is 71.9 Å². The number of anilines is 1. The smallest absolute Gasteiger partial charge is 0.254 e. The van der Waals surface area contributed by atoms with Gasteiger partial charge in [-0.3, -0.25) is 4.79 Å². The van der Waals surface area contributed by atoms with Crippen LogP contribution in [0.1, 0.15) is 78.2 Å². The molecule has 3 aromatic carbocycles. The van der Waals surface area contributed by atoms with Gasteiger partial charge in [-0.05, 0) is 87.1 Å². The maximum Gasteiger partial charge on any atom is 0.254 e. The number of nitrogens with one attached hydrogen (secondary N) is 1. The number of fused-ring (bicyclic) bond motifs is 2. The number of aromatic nitrogens is 5. The molecule has 0 unspecified atom stereocenters. The third-order valence-corrected chi connectivity index (χ3v) is 11.6. The molecule has 51 heavy (non-hydrogen) atoms. The lowest BCUT2D eigenvalue weighted by Gasteiger charge is -2.37. The number of rotatable bonds is 10. The van der Waals surface area contributed by atoms with E-state index < -0.39 is 15.6 Å². The first kappa shape index (κ1) is 35.9. The molecule has 0 radical (unpaired) electrons. The largest absolute Gasteiger partial charge is 0.488 e. The summed E-state index contributed by atoms with van der Waals surface area (Å²) < 4.78 is 37.7. The average molecular weight is 711 g/mol. The molecule has 2 aromatic heterocycles. The Balaban J connectivity index is 1.43. The summed E-state index contributed by atoms with van der Waals surface area (Å²) in [5.41, 5.74) is 5.88. The normalized spacial score (nSPS) is 16.6. The number of para-hydroxylation sites is 1. The lowest BCUT2D eigenvalue weighted by molar-refractivity contribution is 0.0905. The van der Waals surface area contributed by atoms with Crippen molar-refractivity contribution < 1.29 is 17.9 Å². The Bertz CT molecular complexity index is 2180. The summed E-state index contributed by atoms with van der Waals surface area (Å²) in [6, 6.07) is 17.1. The molecule has 2 atom stereocenters. The van der Waals surface area contributed by atoms with E-state index in [2.05, 4.69) is 43.8 Å². The topological polar surface area (TPSA) is 135 Å². The molecule has 1 aliphatic heterocycles. The number of carbonyl (C=O) groups is 1. The van der Waals surface area contributed by atoms with E-state index in [0.717, 1.165) is 38.9 Å². The molecule has 13 heteroatoms. The van der Waals surface area contributed by atoms with Gasteiger partial charge < -0.3 is 15.0 Å². The molecule has 0 saturated carbocycles. The fourth-order valence-electron chi connectivity index (χ4n) is 6.86. The van der Waals surface area contributed by atoms with Crippen LogP contribution >= 0.6 is 0 Å². The minimum atomic E-state index is -3.86. The quantitative estimate of drug-likeness (QED) is 0.196. The van der Waals surface area contributed by atoms with E-state index in [9.17, 15) is 13.2 Å². The molecule has 0 spiro atoms. The predicted molar refractivity (Wildman–Crippen MR) is 198 cm³/mol. The number of hydrogen-bond acceptors (Lipinski definition) is 9. The number of nitrogens with zero attached hydrogens (tertiary/aromatic N) is 7. The van der Waals surface area contributed by atoms with E-state index >= 15 is 0 Å². The van der Waals surface area contributed by atoms with Gasteiger partial charge in [-0.25, -0.2) is 23.1 Å². The number of aryl methyl sites for hydroxylation is 3. The number of hydrogen-bond donors (Lipinski definition) is 1. The van der Waals surface area contributed by atoms with Gasteiger partial charge in [0.2, 0.25) is 16.0 Å². The summed E-state index contributed by atoms with van der Waals surface area (Å²) in [6.45, 7) is 13.1. The van der Waals surface area contributed by atoms with Gasteiger partial charge >= 0.3 is 0 Å². The van der Waals surface area contributed by atoms with Crippen molar-refractivity contribution in [2.75, 3.05) is 25.5 Å². The van der Waals surface area contributed by atoms with Crippen LogP contribution in [0.5, 0.6) is 5.75 Å². The molecule has 12 nitrogen and oxygen atoms in total. The van der Waals surface area contributed by atoms with E-state index in [1.807, 2.05) is 72.5 Å². The molecule has 1 aliphatic rings. The van der Waals surface area contributed by atoms with Crippen molar-refractivity contribution in [1.82, 2.24) is 34.6 Å². The number of carbonyl (C=O) groups excluding carboxylic acids is 1. The number of benzene rings is 3. The van der Waals surface area contributed by atoms with Crippen molar-refractivity contribution in [2.45, 2.75) is 83.5 Å². The number of amides is 1. The van der Waals surface area contributed by atoms with Crippen LogP contribution in [0, 0.1) is 13.8 Å². The van der Waals surface area contributed by atoms with Crippen LogP contribution < -0.4 is 15.0 Å². The third-order valence-electron chi connectivity index (χ3n) is 9.73. The van der Waals surface area contributed by atoms with Gasteiger partial charge in [0.15, 0.2) is 0 Å². The van der Waals surface area contributed by atoms with Crippen molar-refractivity contribution in [3.63, 3.8) is 0 Å². The van der Waals surface area contributed by atoms with E-state index in [-0.39, 0.29) is 35.9 Å². The van der Waals surface area contributed by atoms with Crippen LogP contribution in [0.25, 0.3) is 11.0 Å². The molecule has 0 fully saturated rings. The van der Waals surface area contributed by atoms with Gasteiger partial charge in [0, 0.05) is 51.0 Å². The molecule has 0 bridgehead atoms. The molecule has 1 amide bonds. The zero-order valence-corrected chi connectivity index (χ0v) is 31.3. The summed E-state index contributed by atoms with van der Waals surface area (Å²) in [6.07, 6.45) is 3.42. The fraction of sp³-hybridized carbons (Fsp3) is 0.395. The van der Waals surface area contributed by atoms with E-state index in [0.29, 0.717) is 30.2 Å². The van der Waals surface area contributed by atoms with Gasteiger partial charge in [-0.15, -0.1) is 5.10 Å². The fourth-order valence-corrected chi connectivity index (χ4v) is 8.43. The first-order valence-electron chi connectivity index (χ1n) is 17.2. The average Bonchev–Trinajstić information content (AvgIpc) is 3.49. The van der Waals surface area contributed by atoms with E-state index in [1.54, 1.807) is 29.2 Å². The zero-order valence-electron chi connectivity index (χ0n) is 30.5. The Hall–Kier alpha value is -4.88. The van der Waals surface area contributed by atoms with Crippen LogP contribution in [-0.2, 0) is 23.1 Å². The van der Waals surface area contributed by atoms with Crippen LogP contribution in [0.4, 0.5) is 5.95 Å². The summed E-state index contributed by atoms with van der Waals surface area (Å²) >= 11 is 0. The van der Waals surface area contributed by atoms with Gasteiger partial charge in [0.05, 0.1) is 17.6 Å². The molecule has 0 saturated heterocycles. The second-order valence-corrected chi connectivity index (χ2v) is 15.8. The Morgan fingerprint density at radius 2 is 1.78 bits per heavy atom. The summed E-state index contributed by atoms with van der Waals surface area (Å²) in [5, 5.41) is 12.2. The Kier molecular flexibility index (Phi) is 9.88. The maximum atomic E-state index is 14.1. The standard InChI is InChI=1S/C38H46N8O4S/c1-9-29-23-45(51(48,49)33-14-12-11-13-32(33)50-29)22-27-19-26(16-15-24(27)3)34(30-17-18-31-35(25(30)4)42-43-46(31)10-2)38(5,6)41-36(47)28-20-39-37(40-21-28)44(7)8/h11-21,29,34H,9-10,22-23H2,1-8H3,(H,41,47)/t29-,34+/m1/s1. The van der Waals surface area contributed by atoms with E-state index in [1.165, 1.54) is 16.7 Å². The summed E-state index contributed by atoms with van der Waals surface area (Å²) in [4.78, 5) is 24.4. The monoisotopic (exact) mass is 710 g/mol. The lowest BCUT2D eigenvalue weighted by Crippen LogP contribution is -2.48. The van der Waals surface area contributed by atoms with Crippen LogP contribution in [0.3, 0.4) is 0 Å². The highest BCUT2D eigenvalue weighted by atomic mass is 32.2. The first-order valence-corrected chi connectivity index (χ1v) is 18.7. The molecular weight excluding hydrogens is 665 g/mol. The molecule has 6 rings (SSSR count). The molecule has 3 heterocycles. The Morgan fingerprint density at radius 3 is 2.47 bits per heavy atom. The predicted octanol–water partition coefficient (Wildman–Crippen LogP) is 5.63. The minimum absolute atomic E-state index is 0.161. The van der Waals surface area contributed by atoms with Crippen LogP contribution in [0.2, 0.25) is 0 Å². The molecule has 268 valence electrons. The van der Waals surface area contributed by atoms with Crippen molar-refractivity contribution in [3.05, 3.63) is 100 Å².